The molecule has 4 nitrogen and oxygen atoms in total. The van der Waals surface area contributed by atoms with Crippen LogP contribution in [-0.2, 0) is 11.2 Å². The van der Waals surface area contributed by atoms with Crippen molar-refractivity contribution in [3.05, 3.63) is 46.7 Å². The highest BCUT2D eigenvalue weighted by atomic mass is 32.1. The van der Waals surface area contributed by atoms with Crippen molar-refractivity contribution in [2.45, 2.75) is 6.42 Å². The second kappa shape index (κ2) is 6.80. The quantitative estimate of drug-likeness (QED) is 0.794. The molecule has 0 aliphatic rings. The van der Waals surface area contributed by atoms with E-state index >= 15 is 0 Å². The monoisotopic (exact) mass is 276 g/mol. The first-order valence-corrected chi connectivity index (χ1v) is 6.89. The summed E-state index contributed by atoms with van der Waals surface area (Å²) in [4.78, 5) is 12.8. The van der Waals surface area contributed by atoms with Gasteiger partial charge in [-0.15, -0.1) is 11.3 Å². The Morgan fingerprint density at radius 1 is 1.26 bits per heavy atom. The Morgan fingerprint density at radius 3 is 2.74 bits per heavy atom. The third-order valence-corrected chi connectivity index (χ3v) is 3.46. The lowest BCUT2D eigenvalue weighted by Crippen LogP contribution is -2.30. The van der Waals surface area contributed by atoms with Crippen LogP contribution in [-0.4, -0.2) is 19.1 Å². The van der Waals surface area contributed by atoms with Crippen LogP contribution in [0.2, 0.25) is 0 Å². The summed E-state index contributed by atoms with van der Waals surface area (Å²) in [5.41, 5.74) is 6.23. The summed E-state index contributed by atoms with van der Waals surface area (Å²) < 4.78 is 5.35. The molecule has 2 rings (SSSR count). The molecule has 0 spiro atoms. The number of nitrogens with one attached hydrogen (secondary N) is 1. The standard InChI is InChI=1S/C14H16N2O2S/c15-11-3-5-12(6-4-11)18-10-14(17)16-8-7-13-2-1-9-19-13/h1-6,9H,7-8,10,15H2,(H,16,17). The van der Waals surface area contributed by atoms with E-state index in [1.54, 1.807) is 35.6 Å². The van der Waals surface area contributed by atoms with Crippen molar-refractivity contribution < 1.29 is 9.53 Å². The number of benzene rings is 1. The van der Waals surface area contributed by atoms with Gasteiger partial charge in [-0.25, -0.2) is 0 Å². The minimum atomic E-state index is -0.117. The lowest BCUT2D eigenvalue weighted by molar-refractivity contribution is -0.123. The van der Waals surface area contributed by atoms with E-state index in [1.165, 1.54) is 4.88 Å². The number of nitrogens with two attached hydrogens (primary N) is 1. The first-order valence-electron chi connectivity index (χ1n) is 6.01. The van der Waals surface area contributed by atoms with Crippen LogP contribution in [0.5, 0.6) is 5.75 Å². The number of hydrogen-bond donors (Lipinski definition) is 2. The maximum atomic E-state index is 11.6. The van der Waals surface area contributed by atoms with Crippen LogP contribution in [0, 0.1) is 0 Å². The largest absolute Gasteiger partial charge is 0.484 e. The molecule has 5 heteroatoms. The summed E-state index contributed by atoms with van der Waals surface area (Å²) in [5.74, 6) is 0.524. The Kier molecular flexibility index (Phi) is 4.80. The zero-order chi connectivity index (χ0) is 13.5. The minimum absolute atomic E-state index is 0.0222. The average Bonchev–Trinajstić information content (AvgIpc) is 2.91. The van der Waals surface area contributed by atoms with Crippen molar-refractivity contribution in [2.75, 3.05) is 18.9 Å². The first kappa shape index (κ1) is 13.4. The SMILES string of the molecule is Nc1ccc(OCC(=O)NCCc2cccs2)cc1. The summed E-state index contributed by atoms with van der Waals surface area (Å²) in [6.45, 7) is 0.652. The summed E-state index contributed by atoms with van der Waals surface area (Å²) in [5, 5.41) is 4.85. The van der Waals surface area contributed by atoms with Gasteiger partial charge in [0, 0.05) is 17.1 Å². The Bertz CT molecular complexity index is 509. The van der Waals surface area contributed by atoms with E-state index < -0.39 is 0 Å². The molecule has 3 N–H and O–H groups in total. The summed E-state index contributed by atoms with van der Waals surface area (Å²) in [7, 11) is 0. The number of amides is 1. The number of nitrogen functional groups attached to an aromatic ring is 1. The highest BCUT2D eigenvalue weighted by Crippen LogP contribution is 2.12. The molecule has 100 valence electrons. The fraction of sp³-hybridized carbons (Fsp3) is 0.214. The van der Waals surface area contributed by atoms with Crippen molar-refractivity contribution in [3.63, 3.8) is 0 Å². The molecule has 2 aromatic rings. The molecule has 0 fully saturated rings. The molecule has 0 unspecified atom stereocenters. The van der Waals surface area contributed by atoms with Gasteiger partial charge >= 0.3 is 0 Å². The third-order valence-electron chi connectivity index (χ3n) is 2.52. The van der Waals surface area contributed by atoms with Gasteiger partial charge in [0.1, 0.15) is 5.75 Å². The Morgan fingerprint density at radius 2 is 2.05 bits per heavy atom. The van der Waals surface area contributed by atoms with Crippen LogP contribution in [0.25, 0.3) is 0 Å². The normalized spacial score (nSPS) is 10.1. The number of hydrogen-bond acceptors (Lipinski definition) is 4. The molecule has 0 bridgehead atoms. The van der Waals surface area contributed by atoms with Gasteiger partial charge in [-0.1, -0.05) is 6.07 Å². The van der Waals surface area contributed by atoms with Crippen molar-refractivity contribution in [3.8, 4) is 5.75 Å². The van der Waals surface area contributed by atoms with E-state index in [2.05, 4.69) is 11.4 Å². The summed E-state index contributed by atoms with van der Waals surface area (Å²) in [6.07, 6.45) is 0.852. The van der Waals surface area contributed by atoms with E-state index in [0.29, 0.717) is 18.0 Å². The fourth-order valence-electron chi connectivity index (χ4n) is 1.54. The maximum absolute atomic E-state index is 11.6. The van der Waals surface area contributed by atoms with Gasteiger partial charge < -0.3 is 15.8 Å². The van der Waals surface area contributed by atoms with E-state index in [4.69, 9.17) is 10.5 Å². The molecule has 1 aromatic carbocycles. The topological polar surface area (TPSA) is 64.3 Å². The van der Waals surface area contributed by atoms with Gasteiger partial charge in [-0.2, -0.15) is 0 Å². The number of rotatable bonds is 6. The smallest absolute Gasteiger partial charge is 0.257 e. The molecule has 0 saturated heterocycles. The Hall–Kier alpha value is -2.01. The van der Waals surface area contributed by atoms with Gasteiger partial charge in [-0.05, 0) is 42.1 Å². The lowest BCUT2D eigenvalue weighted by Gasteiger charge is -2.07. The van der Waals surface area contributed by atoms with Crippen LogP contribution in [0.1, 0.15) is 4.88 Å². The molecule has 1 aromatic heterocycles. The van der Waals surface area contributed by atoms with Crippen molar-refractivity contribution in [1.82, 2.24) is 5.32 Å². The molecule has 1 amide bonds. The van der Waals surface area contributed by atoms with Crippen molar-refractivity contribution in [1.29, 1.82) is 0 Å². The summed E-state index contributed by atoms with van der Waals surface area (Å²) >= 11 is 1.69. The molecule has 0 aliphatic carbocycles. The van der Waals surface area contributed by atoms with Crippen LogP contribution in [0.4, 0.5) is 5.69 Å². The average molecular weight is 276 g/mol. The number of anilines is 1. The molecular formula is C14H16N2O2S. The number of ether oxygens (including phenoxy) is 1. The molecule has 19 heavy (non-hydrogen) atoms. The van der Waals surface area contributed by atoms with Crippen molar-refractivity contribution in [2.24, 2.45) is 0 Å². The molecular weight excluding hydrogens is 260 g/mol. The van der Waals surface area contributed by atoms with Crippen LogP contribution in [0.15, 0.2) is 41.8 Å². The predicted molar refractivity (Wildman–Crippen MR) is 77.4 cm³/mol. The Labute approximate surface area is 116 Å². The number of carbonyl (C=O) groups excluding carboxylic acids is 1. The summed E-state index contributed by atoms with van der Waals surface area (Å²) in [6, 6.07) is 11.0. The second-order valence-electron chi connectivity index (χ2n) is 4.04. The lowest BCUT2D eigenvalue weighted by atomic mass is 10.3. The minimum Gasteiger partial charge on any atom is -0.484 e. The van der Waals surface area contributed by atoms with Gasteiger partial charge in [0.15, 0.2) is 6.61 Å². The van der Waals surface area contributed by atoms with Gasteiger partial charge in [-0.3, -0.25) is 4.79 Å². The highest BCUT2D eigenvalue weighted by molar-refractivity contribution is 7.09. The molecule has 1 heterocycles. The molecule has 0 radical (unpaired) electrons. The van der Waals surface area contributed by atoms with Gasteiger partial charge in [0.05, 0.1) is 0 Å². The van der Waals surface area contributed by atoms with Crippen LogP contribution >= 0.6 is 11.3 Å². The van der Waals surface area contributed by atoms with Gasteiger partial charge in [0.2, 0.25) is 0 Å². The second-order valence-corrected chi connectivity index (χ2v) is 5.07. The Balaban J connectivity index is 1.65. The number of thiophene rings is 1. The molecule has 0 atom stereocenters. The van der Waals surface area contributed by atoms with Crippen LogP contribution < -0.4 is 15.8 Å². The van der Waals surface area contributed by atoms with Crippen LogP contribution in [0.3, 0.4) is 0 Å². The highest BCUT2D eigenvalue weighted by Gasteiger charge is 2.02. The number of carbonyl (C=O) groups is 1. The zero-order valence-electron chi connectivity index (χ0n) is 10.5. The van der Waals surface area contributed by atoms with E-state index in [-0.39, 0.29) is 12.5 Å². The third kappa shape index (κ3) is 4.63. The zero-order valence-corrected chi connectivity index (χ0v) is 11.3. The van der Waals surface area contributed by atoms with E-state index in [0.717, 1.165) is 6.42 Å². The fourth-order valence-corrected chi connectivity index (χ4v) is 2.25. The van der Waals surface area contributed by atoms with E-state index in [9.17, 15) is 4.79 Å². The molecule has 0 saturated carbocycles. The van der Waals surface area contributed by atoms with Gasteiger partial charge in [0.25, 0.3) is 5.91 Å². The maximum Gasteiger partial charge on any atom is 0.257 e. The van der Waals surface area contributed by atoms with Crippen molar-refractivity contribution >= 4 is 22.9 Å². The van der Waals surface area contributed by atoms with E-state index in [1.807, 2.05) is 11.4 Å². The predicted octanol–water partition coefficient (Wildman–Crippen LogP) is 2.07. The molecule has 0 aliphatic heterocycles. The first-order chi connectivity index (χ1) is 9.24.